The van der Waals surface area contributed by atoms with E-state index < -0.39 is 0 Å². The average molecular weight is 232 g/mol. The van der Waals surface area contributed by atoms with Crippen LogP contribution in [0, 0.1) is 5.41 Å². The minimum atomic E-state index is 0. The van der Waals surface area contributed by atoms with Gasteiger partial charge < -0.3 is 4.90 Å². The second kappa shape index (κ2) is 5.66. The Labute approximate surface area is 99.1 Å². The van der Waals surface area contributed by atoms with E-state index in [1.807, 2.05) is 6.08 Å². The molecule has 0 saturated carbocycles. The van der Waals surface area contributed by atoms with E-state index in [-0.39, 0.29) is 17.8 Å². The number of hydrogen-bond acceptors (Lipinski definition) is 2. The van der Waals surface area contributed by atoms with Crippen molar-refractivity contribution in [2.24, 2.45) is 5.41 Å². The van der Waals surface area contributed by atoms with Gasteiger partial charge in [-0.15, -0.1) is 12.4 Å². The van der Waals surface area contributed by atoms with Gasteiger partial charge >= 0.3 is 0 Å². The molecule has 88 valence electrons. The maximum Gasteiger partial charge on any atom is 0.156 e. The number of rotatable bonds is 3. The molecular weight excluding hydrogens is 210 g/mol. The topological polar surface area (TPSA) is 20.3 Å². The van der Waals surface area contributed by atoms with Crippen molar-refractivity contribution in [3.8, 4) is 0 Å². The second-order valence-electron chi connectivity index (χ2n) is 5.34. The maximum absolute atomic E-state index is 11.4. The first-order chi connectivity index (χ1) is 6.39. The van der Waals surface area contributed by atoms with Gasteiger partial charge in [0.25, 0.3) is 0 Å². The molecule has 0 spiro atoms. The highest BCUT2D eigenvalue weighted by atomic mass is 35.5. The van der Waals surface area contributed by atoms with Crippen molar-refractivity contribution in [2.75, 3.05) is 20.6 Å². The number of carbonyl (C=O) groups is 1. The first kappa shape index (κ1) is 14.7. The minimum Gasteiger partial charge on any atom is -0.309 e. The van der Waals surface area contributed by atoms with Crippen LogP contribution in [-0.4, -0.2) is 31.3 Å². The zero-order valence-electron chi connectivity index (χ0n) is 10.2. The van der Waals surface area contributed by atoms with E-state index in [4.69, 9.17) is 0 Å². The highest BCUT2D eigenvalue weighted by molar-refractivity contribution is 5.91. The highest BCUT2D eigenvalue weighted by Crippen LogP contribution is 2.34. The zero-order chi connectivity index (χ0) is 10.8. The summed E-state index contributed by atoms with van der Waals surface area (Å²) in [6.45, 7) is 5.39. The molecule has 15 heavy (non-hydrogen) atoms. The van der Waals surface area contributed by atoms with Crippen molar-refractivity contribution in [2.45, 2.75) is 33.1 Å². The summed E-state index contributed by atoms with van der Waals surface area (Å²) < 4.78 is 0. The van der Waals surface area contributed by atoms with E-state index in [0.717, 1.165) is 19.4 Å². The second-order valence-corrected chi connectivity index (χ2v) is 5.34. The van der Waals surface area contributed by atoms with Gasteiger partial charge in [-0.25, -0.2) is 0 Å². The van der Waals surface area contributed by atoms with Crippen molar-refractivity contribution in [1.82, 2.24) is 4.90 Å². The molecule has 0 fully saturated rings. The Morgan fingerprint density at radius 1 is 1.33 bits per heavy atom. The van der Waals surface area contributed by atoms with E-state index in [1.165, 1.54) is 5.57 Å². The van der Waals surface area contributed by atoms with Crippen LogP contribution in [0.25, 0.3) is 0 Å². The lowest BCUT2D eigenvalue weighted by molar-refractivity contribution is -0.117. The van der Waals surface area contributed by atoms with Gasteiger partial charge in [0.05, 0.1) is 0 Å². The molecule has 1 rings (SSSR count). The van der Waals surface area contributed by atoms with Crippen molar-refractivity contribution in [3.05, 3.63) is 11.6 Å². The van der Waals surface area contributed by atoms with Crippen LogP contribution in [0.5, 0.6) is 0 Å². The SMILES string of the molecule is CN(C)CCC1=CC(=O)CC(C)(C)C1.Cl. The first-order valence-electron chi connectivity index (χ1n) is 5.26. The van der Waals surface area contributed by atoms with Gasteiger partial charge in [0, 0.05) is 13.0 Å². The summed E-state index contributed by atoms with van der Waals surface area (Å²) >= 11 is 0. The van der Waals surface area contributed by atoms with Crippen LogP contribution in [0.3, 0.4) is 0 Å². The fourth-order valence-electron chi connectivity index (χ4n) is 2.01. The smallest absolute Gasteiger partial charge is 0.156 e. The fraction of sp³-hybridized carbons (Fsp3) is 0.750. The van der Waals surface area contributed by atoms with Crippen LogP contribution in [-0.2, 0) is 4.79 Å². The summed E-state index contributed by atoms with van der Waals surface area (Å²) in [6, 6.07) is 0. The number of hydrogen-bond donors (Lipinski definition) is 0. The van der Waals surface area contributed by atoms with E-state index in [0.29, 0.717) is 12.2 Å². The van der Waals surface area contributed by atoms with Crippen LogP contribution in [0.15, 0.2) is 11.6 Å². The monoisotopic (exact) mass is 231 g/mol. The summed E-state index contributed by atoms with van der Waals surface area (Å²) in [4.78, 5) is 13.6. The lowest BCUT2D eigenvalue weighted by Gasteiger charge is -2.29. The lowest BCUT2D eigenvalue weighted by atomic mass is 9.76. The van der Waals surface area contributed by atoms with Crippen LogP contribution < -0.4 is 0 Å². The zero-order valence-corrected chi connectivity index (χ0v) is 11.0. The molecule has 3 heteroatoms. The summed E-state index contributed by atoms with van der Waals surface area (Å²) in [6.07, 6.45) is 4.67. The summed E-state index contributed by atoms with van der Waals surface area (Å²) in [7, 11) is 4.13. The van der Waals surface area contributed by atoms with E-state index in [9.17, 15) is 4.79 Å². The maximum atomic E-state index is 11.4. The summed E-state index contributed by atoms with van der Waals surface area (Å²) in [5.41, 5.74) is 1.49. The van der Waals surface area contributed by atoms with Gasteiger partial charge in [0.2, 0.25) is 0 Å². The minimum absolute atomic E-state index is 0. The van der Waals surface area contributed by atoms with Crippen molar-refractivity contribution >= 4 is 18.2 Å². The van der Waals surface area contributed by atoms with Gasteiger partial charge in [0.1, 0.15) is 0 Å². The lowest BCUT2D eigenvalue weighted by Crippen LogP contribution is -2.23. The molecule has 1 aliphatic rings. The van der Waals surface area contributed by atoms with Gasteiger partial charge in [-0.05, 0) is 38.4 Å². The normalized spacial score (nSPS) is 19.8. The number of carbonyl (C=O) groups excluding carboxylic acids is 1. The summed E-state index contributed by atoms with van der Waals surface area (Å²) in [5, 5.41) is 0. The number of allylic oxidation sites excluding steroid dienone is 1. The molecule has 0 aromatic carbocycles. The Hall–Kier alpha value is -0.340. The predicted molar refractivity (Wildman–Crippen MR) is 66.5 cm³/mol. The molecule has 0 heterocycles. The van der Waals surface area contributed by atoms with E-state index in [2.05, 4.69) is 32.8 Å². The summed E-state index contributed by atoms with van der Waals surface area (Å²) in [5.74, 6) is 0.301. The molecular formula is C12H22ClNO. The molecule has 0 atom stereocenters. The van der Waals surface area contributed by atoms with Crippen molar-refractivity contribution in [1.29, 1.82) is 0 Å². The third kappa shape index (κ3) is 5.33. The largest absolute Gasteiger partial charge is 0.309 e. The van der Waals surface area contributed by atoms with Crippen molar-refractivity contribution in [3.63, 3.8) is 0 Å². The third-order valence-corrected chi connectivity index (χ3v) is 2.60. The van der Waals surface area contributed by atoms with E-state index in [1.54, 1.807) is 0 Å². The Morgan fingerprint density at radius 3 is 2.40 bits per heavy atom. The Morgan fingerprint density at radius 2 is 1.93 bits per heavy atom. The van der Waals surface area contributed by atoms with Gasteiger partial charge in [0.15, 0.2) is 5.78 Å². The molecule has 0 aromatic heterocycles. The quantitative estimate of drug-likeness (QED) is 0.745. The number of nitrogens with zero attached hydrogens (tertiary/aromatic N) is 1. The number of ketones is 1. The predicted octanol–water partition coefficient (Wildman–Crippen LogP) is 2.68. The van der Waals surface area contributed by atoms with Gasteiger partial charge in [-0.2, -0.15) is 0 Å². The van der Waals surface area contributed by atoms with E-state index >= 15 is 0 Å². The van der Waals surface area contributed by atoms with Crippen LogP contribution in [0.4, 0.5) is 0 Å². The molecule has 0 N–H and O–H groups in total. The molecule has 0 radical (unpaired) electrons. The molecule has 0 aliphatic heterocycles. The van der Waals surface area contributed by atoms with Gasteiger partial charge in [-0.1, -0.05) is 19.4 Å². The molecule has 0 amide bonds. The fourth-order valence-corrected chi connectivity index (χ4v) is 2.01. The van der Waals surface area contributed by atoms with Crippen molar-refractivity contribution < 1.29 is 4.79 Å². The molecule has 1 aliphatic carbocycles. The van der Waals surface area contributed by atoms with Crippen LogP contribution >= 0.6 is 12.4 Å². The van der Waals surface area contributed by atoms with Crippen LogP contribution in [0.2, 0.25) is 0 Å². The molecule has 0 aromatic rings. The Kier molecular flexibility index (Phi) is 5.54. The average Bonchev–Trinajstić information content (AvgIpc) is 1.96. The van der Waals surface area contributed by atoms with Crippen LogP contribution in [0.1, 0.15) is 33.1 Å². The molecule has 0 unspecified atom stereocenters. The number of halogens is 1. The molecule has 0 bridgehead atoms. The highest BCUT2D eigenvalue weighted by Gasteiger charge is 2.26. The van der Waals surface area contributed by atoms with Gasteiger partial charge in [-0.3, -0.25) is 4.79 Å². The Bertz CT molecular complexity index is 256. The molecule has 2 nitrogen and oxygen atoms in total. The Balaban J connectivity index is 0.00000196. The standard InChI is InChI=1S/C12H21NO.ClH/c1-12(2)8-10(5-6-13(3)4)7-11(14)9-12;/h7H,5-6,8-9H2,1-4H3;1H. The third-order valence-electron chi connectivity index (χ3n) is 2.60. The first-order valence-corrected chi connectivity index (χ1v) is 5.26. The molecule has 0 saturated heterocycles.